The van der Waals surface area contributed by atoms with Crippen LogP contribution in [0.15, 0.2) is 71.5 Å². The van der Waals surface area contributed by atoms with Gasteiger partial charge in [-0.3, -0.25) is 19.0 Å². The van der Waals surface area contributed by atoms with E-state index in [0.29, 0.717) is 22.6 Å². The molecule has 208 valence electrons. The van der Waals surface area contributed by atoms with Gasteiger partial charge in [0, 0.05) is 31.2 Å². The number of halogens is 2. The highest BCUT2D eigenvalue weighted by Gasteiger charge is 2.36. The lowest BCUT2D eigenvalue weighted by molar-refractivity contribution is -0.134. The molecule has 0 radical (unpaired) electrons. The molecule has 0 aliphatic carbocycles. The largest absolute Gasteiger partial charge is 0.347 e. The Morgan fingerprint density at radius 1 is 1.07 bits per heavy atom. The SMILES string of the molecule is Cc1ccc(C(=O)N(CCCN)C(C(=O)N(C)C)c2nc3cc(Cl)ccc3c(=O)n2Cc2cccc(F)c2)cc1. The average Bonchev–Trinajstić information content (AvgIpc) is 2.92. The number of rotatable bonds is 9. The first-order chi connectivity index (χ1) is 19.1. The van der Waals surface area contributed by atoms with E-state index in [1.807, 2.05) is 19.1 Å². The fourth-order valence-electron chi connectivity index (χ4n) is 4.49. The van der Waals surface area contributed by atoms with Gasteiger partial charge in [-0.2, -0.15) is 0 Å². The molecular weight excluding hydrogens is 533 g/mol. The van der Waals surface area contributed by atoms with Crippen LogP contribution < -0.4 is 11.3 Å². The van der Waals surface area contributed by atoms with Crippen molar-refractivity contribution in [2.75, 3.05) is 27.2 Å². The monoisotopic (exact) mass is 563 g/mol. The van der Waals surface area contributed by atoms with Gasteiger partial charge in [-0.15, -0.1) is 0 Å². The van der Waals surface area contributed by atoms with Gasteiger partial charge < -0.3 is 15.5 Å². The highest BCUT2D eigenvalue weighted by atomic mass is 35.5. The van der Waals surface area contributed by atoms with Crippen LogP contribution in [0, 0.1) is 12.7 Å². The van der Waals surface area contributed by atoms with Crippen molar-refractivity contribution in [1.82, 2.24) is 19.4 Å². The maximum Gasteiger partial charge on any atom is 0.261 e. The van der Waals surface area contributed by atoms with Crippen LogP contribution in [-0.2, 0) is 11.3 Å². The third kappa shape index (κ3) is 6.21. The van der Waals surface area contributed by atoms with Crippen molar-refractivity contribution in [2.45, 2.75) is 25.9 Å². The van der Waals surface area contributed by atoms with Crippen LogP contribution in [0.4, 0.5) is 4.39 Å². The molecule has 1 unspecified atom stereocenters. The molecule has 0 spiro atoms. The number of carbonyl (C=O) groups is 2. The van der Waals surface area contributed by atoms with E-state index in [1.165, 1.54) is 32.6 Å². The van der Waals surface area contributed by atoms with Crippen LogP contribution in [-0.4, -0.2) is 58.4 Å². The van der Waals surface area contributed by atoms with E-state index in [0.717, 1.165) is 5.56 Å². The first kappa shape index (κ1) is 28.9. The Labute approximate surface area is 236 Å². The summed E-state index contributed by atoms with van der Waals surface area (Å²) < 4.78 is 15.4. The smallest absolute Gasteiger partial charge is 0.261 e. The van der Waals surface area contributed by atoms with Gasteiger partial charge in [0.25, 0.3) is 17.4 Å². The topological polar surface area (TPSA) is 102 Å². The lowest BCUT2D eigenvalue weighted by atomic mass is 10.1. The number of amides is 2. The molecule has 3 aromatic carbocycles. The molecule has 0 saturated heterocycles. The van der Waals surface area contributed by atoms with E-state index in [1.54, 1.807) is 50.5 Å². The van der Waals surface area contributed by atoms with Gasteiger partial charge >= 0.3 is 0 Å². The number of aryl methyl sites for hydroxylation is 1. The molecule has 10 heteroatoms. The summed E-state index contributed by atoms with van der Waals surface area (Å²) in [7, 11) is 3.14. The summed E-state index contributed by atoms with van der Waals surface area (Å²) in [5.41, 5.74) is 7.50. The van der Waals surface area contributed by atoms with Gasteiger partial charge in [-0.05, 0) is 67.9 Å². The number of carbonyl (C=O) groups excluding carboxylic acids is 2. The highest BCUT2D eigenvalue weighted by Crippen LogP contribution is 2.27. The minimum absolute atomic E-state index is 0.0419. The summed E-state index contributed by atoms with van der Waals surface area (Å²) in [5.74, 6) is -1.29. The second-order valence-electron chi connectivity index (χ2n) is 9.79. The number of hydrogen-bond donors (Lipinski definition) is 1. The van der Waals surface area contributed by atoms with Crippen molar-refractivity contribution in [3.05, 3.63) is 110 Å². The van der Waals surface area contributed by atoms with E-state index in [4.69, 9.17) is 22.3 Å². The first-order valence-corrected chi connectivity index (χ1v) is 13.2. The van der Waals surface area contributed by atoms with Gasteiger partial charge in [0.15, 0.2) is 6.04 Å². The number of benzene rings is 3. The molecule has 0 aliphatic heterocycles. The van der Waals surface area contributed by atoms with E-state index in [-0.39, 0.29) is 36.4 Å². The second-order valence-corrected chi connectivity index (χ2v) is 10.2. The van der Waals surface area contributed by atoms with Crippen LogP contribution in [0.3, 0.4) is 0 Å². The molecule has 8 nitrogen and oxygen atoms in total. The lowest BCUT2D eigenvalue weighted by Crippen LogP contribution is -2.47. The summed E-state index contributed by atoms with van der Waals surface area (Å²) >= 11 is 6.23. The van der Waals surface area contributed by atoms with Gasteiger partial charge in [0.1, 0.15) is 11.6 Å². The number of aromatic nitrogens is 2. The fraction of sp³-hybridized carbons (Fsp3) is 0.267. The molecule has 0 fully saturated rings. The van der Waals surface area contributed by atoms with Crippen LogP contribution in [0.2, 0.25) is 5.02 Å². The van der Waals surface area contributed by atoms with Gasteiger partial charge in [-0.1, -0.05) is 41.4 Å². The Balaban J connectivity index is 2.00. The molecule has 4 rings (SSSR count). The highest BCUT2D eigenvalue weighted by molar-refractivity contribution is 6.31. The zero-order valence-electron chi connectivity index (χ0n) is 22.6. The zero-order valence-corrected chi connectivity index (χ0v) is 23.4. The van der Waals surface area contributed by atoms with Crippen molar-refractivity contribution in [1.29, 1.82) is 0 Å². The van der Waals surface area contributed by atoms with E-state index < -0.39 is 29.2 Å². The lowest BCUT2D eigenvalue weighted by Gasteiger charge is -2.33. The summed E-state index contributed by atoms with van der Waals surface area (Å²) in [6.45, 7) is 2.25. The number of hydrogen-bond acceptors (Lipinski definition) is 5. The number of nitrogens with zero attached hydrogens (tertiary/aromatic N) is 4. The second kappa shape index (κ2) is 12.4. The van der Waals surface area contributed by atoms with Gasteiger partial charge in [0.2, 0.25) is 0 Å². The molecule has 2 N–H and O–H groups in total. The Morgan fingerprint density at radius 2 is 1.80 bits per heavy atom. The molecule has 40 heavy (non-hydrogen) atoms. The molecular formula is C30H31ClFN5O3. The third-order valence-corrected chi connectivity index (χ3v) is 6.81. The third-order valence-electron chi connectivity index (χ3n) is 6.57. The normalized spacial score (nSPS) is 11.8. The molecule has 2 amide bonds. The van der Waals surface area contributed by atoms with E-state index >= 15 is 0 Å². The van der Waals surface area contributed by atoms with Gasteiger partial charge in [-0.25, -0.2) is 9.37 Å². The Bertz CT molecular complexity index is 1600. The van der Waals surface area contributed by atoms with E-state index in [9.17, 15) is 18.8 Å². The molecule has 0 saturated carbocycles. The molecule has 4 aromatic rings. The molecule has 0 bridgehead atoms. The molecule has 1 atom stereocenters. The van der Waals surface area contributed by atoms with Crippen LogP contribution in [0.1, 0.15) is 39.8 Å². The van der Waals surface area contributed by atoms with Crippen molar-refractivity contribution in [3.8, 4) is 0 Å². The summed E-state index contributed by atoms with van der Waals surface area (Å²) in [5, 5.41) is 0.637. The predicted octanol–water partition coefficient (Wildman–Crippen LogP) is 4.17. The van der Waals surface area contributed by atoms with Crippen LogP contribution >= 0.6 is 11.6 Å². The number of nitrogens with two attached hydrogens (primary N) is 1. The Kier molecular flexibility index (Phi) is 8.96. The summed E-state index contributed by atoms with van der Waals surface area (Å²) in [4.78, 5) is 49.2. The van der Waals surface area contributed by atoms with Crippen molar-refractivity contribution in [2.24, 2.45) is 5.73 Å². The van der Waals surface area contributed by atoms with E-state index in [2.05, 4.69) is 0 Å². The minimum Gasteiger partial charge on any atom is -0.347 e. The molecule has 0 aliphatic rings. The quantitative estimate of drug-likeness (QED) is 0.329. The fourth-order valence-corrected chi connectivity index (χ4v) is 4.66. The first-order valence-electron chi connectivity index (χ1n) is 12.8. The van der Waals surface area contributed by atoms with Crippen LogP contribution in [0.5, 0.6) is 0 Å². The van der Waals surface area contributed by atoms with Crippen molar-refractivity contribution < 1.29 is 14.0 Å². The van der Waals surface area contributed by atoms with Gasteiger partial charge in [0.05, 0.1) is 17.4 Å². The maximum atomic E-state index is 14.1. The summed E-state index contributed by atoms with van der Waals surface area (Å²) in [6, 6.07) is 16.3. The van der Waals surface area contributed by atoms with Crippen molar-refractivity contribution in [3.63, 3.8) is 0 Å². The maximum absolute atomic E-state index is 14.1. The standard InChI is InChI=1S/C30H31ClFN5O3/c1-19-8-10-21(11-9-19)28(38)36(15-5-14-33)26(30(40)35(2)3)27-34-25-17-22(31)12-13-24(25)29(39)37(27)18-20-6-4-7-23(32)16-20/h4,6-13,16-17,26H,5,14-15,18,33H2,1-3H3. The Hall–Kier alpha value is -4.08. The summed E-state index contributed by atoms with van der Waals surface area (Å²) in [6.07, 6.45) is 0.405. The minimum atomic E-state index is -1.28. The number of likely N-dealkylation sites (N-methyl/N-ethyl adjacent to an activating group) is 1. The molecule has 1 aromatic heterocycles. The Morgan fingerprint density at radius 3 is 2.45 bits per heavy atom. The molecule has 1 heterocycles. The van der Waals surface area contributed by atoms with Crippen LogP contribution in [0.25, 0.3) is 10.9 Å². The number of fused-ring (bicyclic) bond motifs is 1. The van der Waals surface area contributed by atoms with Crippen molar-refractivity contribution >= 4 is 34.3 Å². The average molecular weight is 564 g/mol. The zero-order chi connectivity index (χ0) is 29.0. The predicted molar refractivity (Wildman–Crippen MR) is 154 cm³/mol.